The van der Waals surface area contributed by atoms with E-state index in [0.717, 1.165) is 0 Å². The van der Waals surface area contributed by atoms with E-state index in [2.05, 4.69) is 41.4 Å². The maximum atomic E-state index is 5.03. The van der Waals surface area contributed by atoms with Crippen LogP contribution in [0.5, 0.6) is 0 Å². The zero-order chi connectivity index (χ0) is 8.53. The van der Waals surface area contributed by atoms with E-state index in [0.29, 0.717) is 5.92 Å². The second kappa shape index (κ2) is 5.93. The third kappa shape index (κ3) is 4.31. The summed E-state index contributed by atoms with van der Waals surface area (Å²) in [4.78, 5) is 0. The van der Waals surface area contributed by atoms with Crippen LogP contribution in [0.1, 0.15) is 0 Å². The third-order valence-corrected chi connectivity index (χ3v) is 0.664. The van der Waals surface area contributed by atoms with Gasteiger partial charge in [0.15, 0.2) is 5.92 Å². The van der Waals surface area contributed by atoms with Crippen molar-refractivity contribution < 1.29 is 0 Å². The molecule has 0 saturated heterocycles. The van der Waals surface area contributed by atoms with Crippen molar-refractivity contribution in [2.75, 3.05) is 0 Å². The van der Waals surface area contributed by atoms with Gasteiger partial charge in [-0.1, -0.05) is 17.8 Å². The van der Waals surface area contributed by atoms with E-state index in [1.165, 1.54) is 0 Å². The molecule has 0 unspecified atom stereocenters. The van der Waals surface area contributed by atoms with Gasteiger partial charge in [0.2, 0.25) is 0 Å². The summed E-state index contributed by atoms with van der Waals surface area (Å²) in [6, 6.07) is 0. The first-order chi connectivity index (χ1) is 5.35. The SMILES string of the molecule is C#CC#C[C](C#C)C#CC#C. The van der Waals surface area contributed by atoms with Crippen molar-refractivity contribution in [3.63, 3.8) is 0 Å². The molecule has 0 aliphatic heterocycles. The van der Waals surface area contributed by atoms with Gasteiger partial charge in [0.25, 0.3) is 0 Å². The molecule has 0 nitrogen and oxygen atoms in total. The van der Waals surface area contributed by atoms with Crippen LogP contribution in [-0.2, 0) is 0 Å². The molecule has 47 valence electrons. The van der Waals surface area contributed by atoms with Crippen LogP contribution in [0.2, 0.25) is 0 Å². The van der Waals surface area contributed by atoms with Crippen LogP contribution in [0.25, 0.3) is 0 Å². The fourth-order valence-corrected chi connectivity index (χ4v) is 0.301. The number of rotatable bonds is 0. The normalized spacial score (nSPS) is 5.27. The van der Waals surface area contributed by atoms with Gasteiger partial charge >= 0.3 is 0 Å². The van der Waals surface area contributed by atoms with Gasteiger partial charge in [0.1, 0.15) is 0 Å². The van der Waals surface area contributed by atoms with Crippen molar-refractivity contribution in [3.8, 4) is 60.7 Å². The molecule has 0 heteroatoms. The molecule has 0 amide bonds. The summed E-state index contributed by atoms with van der Waals surface area (Å²) in [6.45, 7) is 0. The van der Waals surface area contributed by atoms with Gasteiger partial charge in [-0.05, 0) is 23.7 Å². The van der Waals surface area contributed by atoms with Crippen molar-refractivity contribution in [1.29, 1.82) is 0 Å². The standard InChI is InChI=1S/C11H3/c1-4-7-9-11(6-3)10-8-5-2/h1-3H. The molecular weight excluding hydrogens is 132 g/mol. The second-order valence-corrected chi connectivity index (χ2v) is 1.31. The molecule has 0 aliphatic carbocycles. The van der Waals surface area contributed by atoms with Gasteiger partial charge in [0.05, 0.1) is 0 Å². The Kier molecular flexibility index (Phi) is 4.74. The van der Waals surface area contributed by atoms with Crippen molar-refractivity contribution in [1.82, 2.24) is 0 Å². The van der Waals surface area contributed by atoms with E-state index in [9.17, 15) is 0 Å². The molecule has 0 spiro atoms. The highest BCUT2D eigenvalue weighted by molar-refractivity contribution is 5.52. The Balaban J connectivity index is 4.40. The molecule has 0 aliphatic rings. The Labute approximate surface area is 67.4 Å². The fraction of sp³-hybridized carbons (Fsp3) is 0. The van der Waals surface area contributed by atoms with E-state index in [1.807, 2.05) is 0 Å². The van der Waals surface area contributed by atoms with Crippen molar-refractivity contribution >= 4 is 0 Å². The van der Waals surface area contributed by atoms with Crippen LogP contribution in [0.15, 0.2) is 0 Å². The summed E-state index contributed by atoms with van der Waals surface area (Å²) < 4.78 is 0. The Bertz CT molecular complexity index is 323. The lowest BCUT2D eigenvalue weighted by molar-refractivity contribution is 1.73. The topological polar surface area (TPSA) is 0 Å². The molecule has 0 N–H and O–H groups in total. The smallest absolute Gasteiger partial charge is 0.117 e. The number of hydrogen-bond acceptors (Lipinski definition) is 0. The highest BCUT2D eigenvalue weighted by Crippen LogP contribution is 1.89. The average Bonchev–Trinajstić information content (AvgIpc) is 2.05. The highest BCUT2D eigenvalue weighted by Gasteiger charge is 1.91. The molecular formula is C11H3. The maximum Gasteiger partial charge on any atom is 0.192 e. The Morgan fingerprint density at radius 2 is 1.27 bits per heavy atom. The second-order valence-electron chi connectivity index (χ2n) is 1.31. The van der Waals surface area contributed by atoms with Gasteiger partial charge in [-0.3, -0.25) is 0 Å². The lowest BCUT2D eigenvalue weighted by atomic mass is 10.2. The zero-order valence-corrected chi connectivity index (χ0v) is 5.73. The van der Waals surface area contributed by atoms with Crippen LogP contribution < -0.4 is 0 Å². The Morgan fingerprint density at radius 1 is 0.818 bits per heavy atom. The third-order valence-electron chi connectivity index (χ3n) is 0.664. The number of terminal acetylenes is 3. The van der Waals surface area contributed by atoms with Gasteiger partial charge in [-0.15, -0.1) is 19.3 Å². The van der Waals surface area contributed by atoms with Crippen LogP contribution in [0.4, 0.5) is 0 Å². The minimum Gasteiger partial charge on any atom is -0.117 e. The molecule has 0 saturated carbocycles. The lowest BCUT2D eigenvalue weighted by Gasteiger charge is -1.81. The largest absolute Gasteiger partial charge is 0.192 e. The summed E-state index contributed by atoms with van der Waals surface area (Å²) in [7, 11) is 0. The summed E-state index contributed by atoms with van der Waals surface area (Å²) in [5.74, 6) is 16.4. The molecule has 11 heavy (non-hydrogen) atoms. The molecule has 0 bridgehead atoms. The molecule has 0 aromatic heterocycles. The first kappa shape index (κ1) is 8.80. The first-order valence-corrected chi connectivity index (χ1v) is 2.62. The van der Waals surface area contributed by atoms with E-state index in [1.54, 1.807) is 0 Å². The maximum absolute atomic E-state index is 5.03. The summed E-state index contributed by atoms with van der Waals surface area (Å²) in [5, 5.41) is 0. The lowest BCUT2D eigenvalue weighted by Crippen LogP contribution is -1.82. The minimum atomic E-state index is 0.306. The van der Waals surface area contributed by atoms with E-state index >= 15 is 0 Å². The Morgan fingerprint density at radius 3 is 1.55 bits per heavy atom. The van der Waals surface area contributed by atoms with Crippen molar-refractivity contribution in [2.24, 2.45) is 0 Å². The van der Waals surface area contributed by atoms with E-state index < -0.39 is 0 Å². The van der Waals surface area contributed by atoms with Gasteiger partial charge in [-0.2, -0.15) is 0 Å². The molecule has 0 rings (SSSR count). The Hall–Kier alpha value is -2.20. The first-order valence-electron chi connectivity index (χ1n) is 2.62. The van der Waals surface area contributed by atoms with Gasteiger partial charge < -0.3 is 0 Å². The molecule has 0 aromatic rings. The van der Waals surface area contributed by atoms with Crippen LogP contribution in [-0.4, -0.2) is 0 Å². The van der Waals surface area contributed by atoms with E-state index in [-0.39, 0.29) is 0 Å². The van der Waals surface area contributed by atoms with Crippen LogP contribution >= 0.6 is 0 Å². The average molecular weight is 135 g/mol. The van der Waals surface area contributed by atoms with Crippen LogP contribution in [0, 0.1) is 66.6 Å². The summed E-state index contributed by atoms with van der Waals surface area (Å²) in [6.07, 6.45) is 14.8. The van der Waals surface area contributed by atoms with E-state index in [4.69, 9.17) is 19.3 Å². The predicted molar refractivity (Wildman–Crippen MR) is 45.3 cm³/mol. The van der Waals surface area contributed by atoms with Gasteiger partial charge in [0, 0.05) is 0 Å². The molecule has 0 fully saturated rings. The number of hydrogen-bond donors (Lipinski definition) is 0. The zero-order valence-electron chi connectivity index (χ0n) is 5.73. The highest BCUT2D eigenvalue weighted by atomic mass is 13.9. The summed E-state index contributed by atoms with van der Waals surface area (Å²) in [5.41, 5.74) is 0. The van der Waals surface area contributed by atoms with Gasteiger partial charge in [-0.25, -0.2) is 0 Å². The van der Waals surface area contributed by atoms with Crippen molar-refractivity contribution in [2.45, 2.75) is 0 Å². The van der Waals surface area contributed by atoms with Crippen LogP contribution in [0.3, 0.4) is 0 Å². The molecule has 0 atom stereocenters. The minimum absolute atomic E-state index is 0.306. The monoisotopic (exact) mass is 135 g/mol. The fourth-order valence-electron chi connectivity index (χ4n) is 0.301. The predicted octanol–water partition coefficient (Wildman–Crippen LogP) is 0.467. The quantitative estimate of drug-likeness (QED) is 0.423. The molecule has 0 heterocycles. The molecule has 0 aromatic carbocycles. The molecule has 1 radical (unpaired) electrons. The summed E-state index contributed by atoms with van der Waals surface area (Å²) >= 11 is 0. The van der Waals surface area contributed by atoms with Crippen molar-refractivity contribution in [3.05, 3.63) is 5.92 Å².